The maximum Gasteiger partial charge on any atom is 0.0951 e. The predicted molar refractivity (Wildman–Crippen MR) is 79.2 cm³/mol. The molecule has 0 spiro atoms. The Morgan fingerprint density at radius 2 is 1.89 bits per heavy atom. The van der Waals surface area contributed by atoms with Gasteiger partial charge in [-0.2, -0.15) is 0 Å². The number of fused-ring (bicyclic) bond motifs is 2. The average Bonchev–Trinajstić information content (AvgIpc) is 3.00. The maximum atomic E-state index is 6.03. The van der Waals surface area contributed by atoms with Gasteiger partial charge in [0.25, 0.3) is 0 Å². The Labute approximate surface area is 113 Å². The zero-order valence-electron chi connectivity index (χ0n) is 11.0. The van der Waals surface area contributed by atoms with Crippen molar-refractivity contribution in [2.75, 3.05) is 23.7 Å². The molecule has 2 aromatic rings. The van der Waals surface area contributed by atoms with Crippen molar-refractivity contribution in [3.05, 3.63) is 30.5 Å². The number of nitrogens with zero attached hydrogens (tertiary/aromatic N) is 2. The van der Waals surface area contributed by atoms with Crippen LogP contribution >= 0.6 is 0 Å². The molecule has 2 atom stereocenters. The molecule has 1 saturated carbocycles. The number of benzene rings is 1. The van der Waals surface area contributed by atoms with Gasteiger partial charge in [0.1, 0.15) is 0 Å². The van der Waals surface area contributed by atoms with Crippen LogP contribution in [-0.2, 0) is 0 Å². The van der Waals surface area contributed by atoms with E-state index in [4.69, 9.17) is 5.73 Å². The lowest BCUT2D eigenvalue weighted by atomic mass is 10.0. The van der Waals surface area contributed by atoms with E-state index in [0.29, 0.717) is 0 Å². The van der Waals surface area contributed by atoms with Crippen molar-refractivity contribution >= 4 is 22.3 Å². The first-order valence-corrected chi connectivity index (χ1v) is 7.21. The van der Waals surface area contributed by atoms with E-state index in [9.17, 15) is 0 Å². The third kappa shape index (κ3) is 1.68. The van der Waals surface area contributed by atoms with E-state index in [1.807, 2.05) is 18.3 Å². The number of nitrogens with two attached hydrogens (primary N) is 1. The van der Waals surface area contributed by atoms with Crippen LogP contribution in [-0.4, -0.2) is 18.1 Å². The van der Waals surface area contributed by atoms with E-state index in [2.05, 4.69) is 22.0 Å². The van der Waals surface area contributed by atoms with Crippen LogP contribution in [0.25, 0.3) is 10.9 Å². The van der Waals surface area contributed by atoms with Gasteiger partial charge >= 0.3 is 0 Å². The largest absolute Gasteiger partial charge is 0.397 e. The molecule has 2 fully saturated rings. The van der Waals surface area contributed by atoms with Gasteiger partial charge in [-0.3, -0.25) is 4.98 Å². The molecule has 1 saturated heterocycles. The number of anilines is 2. The molecular weight excluding hydrogens is 234 g/mol. The van der Waals surface area contributed by atoms with Crippen LogP contribution in [0.4, 0.5) is 11.4 Å². The number of hydrogen-bond donors (Lipinski definition) is 1. The van der Waals surface area contributed by atoms with Crippen molar-refractivity contribution in [3.8, 4) is 0 Å². The molecule has 0 radical (unpaired) electrons. The topological polar surface area (TPSA) is 42.1 Å². The molecule has 1 aliphatic carbocycles. The van der Waals surface area contributed by atoms with E-state index in [1.165, 1.54) is 43.4 Å². The monoisotopic (exact) mass is 253 g/mol. The molecule has 2 heterocycles. The average molecular weight is 253 g/mol. The predicted octanol–water partition coefficient (Wildman–Crippen LogP) is 3.05. The fraction of sp³-hybridized carbons (Fsp3) is 0.438. The third-order valence-corrected chi connectivity index (χ3v) is 4.84. The highest BCUT2D eigenvalue weighted by Gasteiger charge is 2.36. The fourth-order valence-electron chi connectivity index (χ4n) is 3.89. The first-order valence-electron chi connectivity index (χ1n) is 7.21. The highest BCUT2D eigenvalue weighted by molar-refractivity contribution is 5.98. The second kappa shape index (κ2) is 4.12. The van der Waals surface area contributed by atoms with Crippen LogP contribution in [0, 0.1) is 11.8 Å². The smallest absolute Gasteiger partial charge is 0.0951 e. The van der Waals surface area contributed by atoms with Crippen molar-refractivity contribution in [1.82, 2.24) is 4.98 Å². The summed E-state index contributed by atoms with van der Waals surface area (Å²) in [5.41, 5.74) is 9.06. The van der Waals surface area contributed by atoms with Crippen LogP contribution in [0.5, 0.6) is 0 Å². The van der Waals surface area contributed by atoms with Crippen molar-refractivity contribution < 1.29 is 0 Å². The third-order valence-electron chi connectivity index (χ3n) is 4.84. The highest BCUT2D eigenvalue weighted by Crippen LogP contribution is 2.41. The van der Waals surface area contributed by atoms with Gasteiger partial charge in [0, 0.05) is 30.4 Å². The lowest BCUT2D eigenvalue weighted by molar-refractivity contribution is 0.494. The summed E-state index contributed by atoms with van der Waals surface area (Å²) in [5, 5.41) is 1.20. The maximum absolute atomic E-state index is 6.03. The minimum Gasteiger partial charge on any atom is -0.397 e. The van der Waals surface area contributed by atoms with Crippen molar-refractivity contribution in [1.29, 1.82) is 0 Å². The molecule has 1 aliphatic heterocycles. The van der Waals surface area contributed by atoms with Gasteiger partial charge in [-0.05, 0) is 48.9 Å². The summed E-state index contributed by atoms with van der Waals surface area (Å²) in [6.07, 6.45) is 6.06. The lowest BCUT2D eigenvalue weighted by Crippen LogP contribution is -2.21. The molecule has 3 heteroatoms. The molecule has 0 bridgehead atoms. The first-order chi connectivity index (χ1) is 9.33. The summed E-state index contributed by atoms with van der Waals surface area (Å²) >= 11 is 0. The quantitative estimate of drug-likeness (QED) is 0.794. The minimum absolute atomic E-state index is 0.777. The number of hydrogen-bond acceptors (Lipinski definition) is 3. The molecule has 19 heavy (non-hydrogen) atoms. The molecule has 4 rings (SSSR count). The number of rotatable bonds is 1. The molecule has 2 unspecified atom stereocenters. The molecule has 2 N–H and O–H groups in total. The van der Waals surface area contributed by atoms with Crippen molar-refractivity contribution in [3.63, 3.8) is 0 Å². The summed E-state index contributed by atoms with van der Waals surface area (Å²) in [6.45, 7) is 2.41. The molecule has 1 aromatic heterocycles. The number of nitrogen functional groups attached to an aromatic ring is 1. The number of pyridine rings is 1. The summed E-state index contributed by atoms with van der Waals surface area (Å²) in [6, 6.07) is 8.31. The molecule has 1 aromatic carbocycles. The number of aromatic nitrogens is 1. The van der Waals surface area contributed by atoms with E-state index < -0.39 is 0 Å². The van der Waals surface area contributed by atoms with E-state index >= 15 is 0 Å². The molecule has 3 nitrogen and oxygen atoms in total. The Bertz CT molecular complexity index is 610. The van der Waals surface area contributed by atoms with E-state index in [1.54, 1.807) is 0 Å². The summed E-state index contributed by atoms with van der Waals surface area (Å²) in [4.78, 5) is 6.97. The van der Waals surface area contributed by atoms with Crippen LogP contribution in [0.2, 0.25) is 0 Å². The van der Waals surface area contributed by atoms with Crippen molar-refractivity contribution in [2.45, 2.75) is 19.3 Å². The Hall–Kier alpha value is -1.77. The van der Waals surface area contributed by atoms with Crippen molar-refractivity contribution in [2.24, 2.45) is 11.8 Å². The van der Waals surface area contributed by atoms with Gasteiger partial charge in [0.15, 0.2) is 0 Å². The van der Waals surface area contributed by atoms with Gasteiger partial charge in [0.2, 0.25) is 0 Å². The zero-order valence-corrected chi connectivity index (χ0v) is 11.0. The summed E-state index contributed by atoms with van der Waals surface area (Å²) < 4.78 is 0. The van der Waals surface area contributed by atoms with E-state index in [0.717, 1.165) is 23.0 Å². The van der Waals surface area contributed by atoms with Crippen LogP contribution in [0.15, 0.2) is 30.5 Å². The minimum atomic E-state index is 0.777. The summed E-state index contributed by atoms with van der Waals surface area (Å²) in [7, 11) is 0. The lowest BCUT2D eigenvalue weighted by Gasteiger charge is -2.21. The second-order valence-corrected chi connectivity index (χ2v) is 5.93. The van der Waals surface area contributed by atoms with Gasteiger partial charge in [0.05, 0.1) is 11.2 Å². The SMILES string of the molecule is Nc1ccc(N2CC3CCCC3C2)c2cccnc12. The Morgan fingerprint density at radius 1 is 1.11 bits per heavy atom. The standard InChI is InChI=1S/C16H19N3/c17-14-6-7-15(13-5-2-8-18-16(13)14)19-9-11-3-1-4-12(11)10-19/h2,5-8,11-12H,1,3-4,9-10,17H2. The van der Waals surface area contributed by atoms with Crippen LogP contribution < -0.4 is 10.6 Å². The normalized spacial score (nSPS) is 26.0. The van der Waals surface area contributed by atoms with E-state index in [-0.39, 0.29) is 0 Å². The van der Waals surface area contributed by atoms with Gasteiger partial charge in [-0.25, -0.2) is 0 Å². The fourth-order valence-corrected chi connectivity index (χ4v) is 3.89. The molecule has 2 aliphatic rings. The Balaban J connectivity index is 1.78. The Kier molecular flexibility index (Phi) is 2.40. The highest BCUT2D eigenvalue weighted by atomic mass is 15.2. The van der Waals surface area contributed by atoms with Gasteiger partial charge < -0.3 is 10.6 Å². The molecule has 98 valence electrons. The van der Waals surface area contributed by atoms with Crippen LogP contribution in [0.3, 0.4) is 0 Å². The molecule has 0 amide bonds. The van der Waals surface area contributed by atoms with Gasteiger partial charge in [-0.15, -0.1) is 0 Å². The van der Waals surface area contributed by atoms with Gasteiger partial charge in [-0.1, -0.05) is 6.42 Å². The molecular formula is C16H19N3. The zero-order chi connectivity index (χ0) is 12.8. The summed E-state index contributed by atoms with van der Waals surface area (Å²) in [5.74, 6) is 1.81. The first kappa shape index (κ1) is 11.1. The Morgan fingerprint density at radius 3 is 2.68 bits per heavy atom. The second-order valence-electron chi connectivity index (χ2n) is 5.93. The van der Waals surface area contributed by atoms with Crippen LogP contribution in [0.1, 0.15) is 19.3 Å².